The lowest BCUT2D eigenvalue weighted by molar-refractivity contribution is 0.241. The van der Waals surface area contributed by atoms with Crippen molar-refractivity contribution in [2.45, 2.75) is 26.8 Å². The minimum Gasteiger partial charge on any atom is -0.399 e. The highest BCUT2D eigenvalue weighted by molar-refractivity contribution is 5.40. The van der Waals surface area contributed by atoms with Gasteiger partial charge in [0.2, 0.25) is 0 Å². The quantitative estimate of drug-likeness (QED) is 0.766. The van der Waals surface area contributed by atoms with Gasteiger partial charge in [0.15, 0.2) is 0 Å². The Balaban J connectivity index is 2.61. The number of hydrogen-bond acceptors (Lipinski definition) is 3. The maximum atomic E-state index is 8.66. The van der Waals surface area contributed by atoms with E-state index >= 15 is 0 Å². The molecule has 0 amide bonds. The summed E-state index contributed by atoms with van der Waals surface area (Å²) in [4.78, 5) is 2.31. The van der Waals surface area contributed by atoms with Crippen molar-refractivity contribution in [3.63, 3.8) is 0 Å². The van der Waals surface area contributed by atoms with Crippen molar-refractivity contribution < 1.29 is 0 Å². The zero-order chi connectivity index (χ0) is 12.7. The summed E-state index contributed by atoms with van der Waals surface area (Å²) < 4.78 is 0. The van der Waals surface area contributed by atoms with Crippen molar-refractivity contribution in [3.8, 4) is 6.07 Å². The molecule has 0 aliphatic heterocycles. The molecule has 1 aromatic rings. The molecule has 0 radical (unpaired) electrons. The summed E-state index contributed by atoms with van der Waals surface area (Å²) in [5.74, 6) is 0.606. The van der Waals surface area contributed by atoms with Gasteiger partial charge >= 0.3 is 0 Å². The lowest BCUT2D eigenvalue weighted by Gasteiger charge is -2.23. The van der Waals surface area contributed by atoms with E-state index in [0.29, 0.717) is 12.3 Å². The number of hydrogen-bond donors (Lipinski definition) is 1. The first kappa shape index (κ1) is 13.5. The molecule has 0 saturated heterocycles. The molecule has 3 heteroatoms. The first-order valence-corrected chi connectivity index (χ1v) is 6.05. The number of nitrogens with zero attached hydrogens (tertiary/aromatic N) is 2. The Morgan fingerprint density at radius 3 is 2.76 bits per heavy atom. The molecule has 17 heavy (non-hydrogen) atoms. The van der Waals surface area contributed by atoms with Crippen LogP contribution < -0.4 is 5.73 Å². The number of rotatable bonds is 6. The van der Waals surface area contributed by atoms with Crippen molar-refractivity contribution in [2.75, 3.05) is 18.8 Å². The molecule has 1 aromatic carbocycles. The van der Waals surface area contributed by atoms with Gasteiger partial charge in [-0.2, -0.15) is 5.26 Å². The summed E-state index contributed by atoms with van der Waals surface area (Å²) >= 11 is 0. The van der Waals surface area contributed by atoms with Crippen LogP contribution in [0.5, 0.6) is 0 Å². The van der Waals surface area contributed by atoms with Crippen molar-refractivity contribution in [2.24, 2.45) is 5.92 Å². The van der Waals surface area contributed by atoms with Gasteiger partial charge in [0.1, 0.15) is 0 Å². The smallest absolute Gasteiger partial charge is 0.0635 e. The first-order chi connectivity index (χ1) is 8.11. The molecule has 0 fully saturated rings. The standard InChI is InChI=1S/C14H21N3/c1-12(2)10-17(8-4-7-15)11-13-5-3-6-14(16)9-13/h3,5-6,9,12H,4,8,10-11,16H2,1-2H3. The van der Waals surface area contributed by atoms with Gasteiger partial charge in [-0.05, 0) is 23.6 Å². The van der Waals surface area contributed by atoms with E-state index in [9.17, 15) is 0 Å². The molecule has 0 heterocycles. The second-order valence-corrected chi connectivity index (χ2v) is 4.78. The topological polar surface area (TPSA) is 53.0 Å². The van der Waals surface area contributed by atoms with E-state index in [0.717, 1.165) is 25.3 Å². The van der Waals surface area contributed by atoms with Gasteiger partial charge in [0, 0.05) is 31.7 Å². The van der Waals surface area contributed by atoms with Crippen LogP contribution in [0.1, 0.15) is 25.8 Å². The predicted molar refractivity (Wildman–Crippen MR) is 71.2 cm³/mol. The van der Waals surface area contributed by atoms with Crippen molar-refractivity contribution >= 4 is 5.69 Å². The van der Waals surface area contributed by atoms with Crippen LogP contribution in [0.2, 0.25) is 0 Å². The van der Waals surface area contributed by atoms with Crippen molar-refractivity contribution in [3.05, 3.63) is 29.8 Å². The summed E-state index contributed by atoms with van der Waals surface area (Å²) in [7, 11) is 0. The molecular formula is C14H21N3. The van der Waals surface area contributed by atoms with E-state index in [-0.39, 0.29) is 0 Å². The lowest BCUT2D eigenvalue weighted by Crippen LogP contribution is -2.28. The van der Waals surface area contributed by atoms with Crippen LogP contribution in [0.15, 0.2) is 24.3 Å². The number of nitrogen functional groups attached to an aromatic ring is 1. The summed E-state index contributed by atoms with van der Waals surface area (Å²) in [5.41, 5.74) is 7.77. The van der Waals surface area contributed by atoms with Gasteiger partial charge in [-0.15, -0.1) is 0 Å². The maximum Gasteiger partial charge on any atom is 0.0635 e. The molecule has 0 aromatic heterocycles. The fraction of sp³-hybridized carbons (Fsp3) is 0.500. The molecule has 0 unspecified atom stereocenters. The third-order valence-electron chi connectivity index (χ3n) is 2.52. The summed E-state index contributed by atoms with van der Waals surface area (Å²) in [5, 5.41) is 8.66. The fourth-order valence-corrected chi connectivity index (χ4v) is 1.91. The summed E-state index contributed by atoms with van der Waals surface area (Å²) in [6, 6.07) is 10.2. The van der Waals surface area contributed by atoms with E-state index in [4.69, 9.17) is 11.0 Å². The zero-order valence-corrected chi connectivity index (χ0v) is 10.7. The van der Waals surface area contributed by atoms with Crippen molar-refractivity contribution in [1.29, 1.82) is 5.26 Å². The van der Waals surface area contributed by atoms with Gasteiger partial charge in [0.05, 0.1) is 6.07 Å². The highest BCUT2D eigenvalue weighted by Crippen LogP contribution is 2.11. The molecule has 0 saturated carbocycles. The Kier molecular flexibility index (Phi) is 5.51. The van der Waals surface area contributed by atoms with E-state index in [1.54, 1.807) is 0 Å². The molecule has 0 aliphatic rings. The number of nitrogens with two attached hydrogens (primary N) is 1. The molecule has 2 N–H and O–H groups in total. The predicted octanol–water partition coefficient (Wildman–Crippen LogP) is 2.64. The monoisotopic (exact) mass is 231 g/mol. The largest absolute Gasteiger partial charge is 0.399 e. The first-order valence-electron chi connectivity index (χ1n) is 6.05. The summed E-state index contributed by atoms with van der Waals surface area (Å²) in [6.07, 6.45) is 0.578. The van der Waals surface area contributed by atoms with Gasteiger partial charge in [-0.25, -0.2) is 0 Å². The Labute approximate surface area is 104 Å². The maximum absolute atomic E-state index is 8.66. The van der Waals surface area contributed by atoms with Gasteiger partial charge in [-0.1, -0.05) is 26.0 Å². The minimum absolute atomic E-state index is 0.578. The molecule has 0 bridgehead atoms. The van der Waals surface area contributed by atoms with Crippen LogP contribution in [0.4, 0.5) is 5.69 Å². The second-order valence-electron chi connectivity index (χ2n) is 4.78. The summed E-state index contributed by atoms with van der Waals surface area (Å²) in [6.45, 7) is 7.09. The van der Waals surface area contributed by atoms with Crippen LogP contribution in [0, 0.1) is 17.2 Å². The fourth-order valence-electron chi connectivity index (χ4n) is 1.91. The van der Waals surface area contributed by atoms with Crippen LogP contribution in [-0.2, 0) is 6.54 Å². The average molecular weight is 231 g/mol. The van der Waals surface area contributed by atoms with Crippen LogP contribution in [-0.4, -0.2) is 18.0 Å². The third kappa shape index (κ3) is 5.37. The Morgan fingerprint density at radius 1 is 1.41 bits per heavy atom. The Morgan fingerprint density at radius 2 is 2.18 bits per heavy atom. The Bertz CT molecular complexity index is 379. The molecule has 92 valence electrons. The number of nitriles is 1. The van der Waals surface area contributed by atoms with E-state index < -0.39 is 0 Å². The minimum atomic E-state index is 0.578. The molecular weight excluding hydrogens is 210 g/mol. The van der Waals surface area contributed by atoms with E-state index in [2.05, 4.69) is 30.9 Å². The Hall–Kier alpha value is -1.53. The lowest BCUT2D eigenvalue weighted by atomic mass is 10.1. The number of benzene rings is 1. The van der Waals surface area contributed by atoms with E-state index in [1.165, 1.54) is 5.56 Å². The molecule has 3 nitrogen and oxygen atoms in total. The van der Waals surface area contributed by atoms with Gasteiger partial charge in [0.25, 0.3) is 0 Å². The molecule has 0 aliphatic carbocycles. The highest BCUT2D eigenvalue weighted by atomic mass is 15.1. The van der Waals surface area contributed by atoms with Crippen LogP contribution in [0.3, 0.4) is 0 Å². The van der Waals surface area contributed by atoms with Gasteiger partial charge < -0.3 is 5.73 Å². The SMILES string of the molecule is CC(C)CN(CCC#N)Cc1cccc(N)c1. The van der Waals surface area contributed by atoms with Crippen LogP contribution in [0.25, 0.3) is 0 Å². The highest BCUT2D eigenvalue weighted by Gasteiger charge is 2.08. The molecule has 1 rings (SSSR count). The van der Waals surface area contributed by atoms with Gasteiger partial charge in [-0.3, -0.25) is 4.90 Å². The average Bonchev–Trinajstić information content (AvgIpc) is 2.25. The zero-order valence-electron chi connectivity index (χ0n) is 10.7. The van der Waals surface area contributed by atoms with Crippen molar-refractivity contribution in [1.82, 2.24) is 4.90 Å². The molecule has 0 atom stereocenters. The van der Waals surface area contributed by atoms with E-state index in [1.807, 2.05) is 18.2 Å². The number of anilines is 1. The van der Waals surface area contributed by atoms with Crippen LogP contribution >= 0.6 is 0 Å². The normalized spacial score (nSPS) is 10.8. The second kappa shape index (κ2) is 6.93. The third-order valence-corrected chi connectivity index (χ3v) is 2.52. The molecule has 0 spiro atoms.